The molecule has 1 fully saturated rings. The molecule has 18 heavy (non-hydrogen) atoms. The Morgan fingerprint density at radius 3 is 2.00 bits per heavy atom. The number of hydrogen-bond acceptors (Lipinski definition) is 2. The third kappa shape index (κ3) is 2.53. The third-order valence-electron chi connectivity index (χ3n) is 4.61. The highest BCUT2D eigenvalue weighted by Gasteiger charge is 2.53. The van der Waals surface area contributed by atoms with Crippen LogP contribution in [0.3, 0.4) is 0 Å². The molecule has 0 amide bonds. The Morgan fingerprint density at radius 2 is 1.56 bits per heavy atom. The average molecular weight is 250 g/mol. The zero-order valence-electron chi connectivity index (χ0n) is 13.0. The lowest BCUT2D eigenvalue weighted by molar-refractivity contribution is 0.00578. The maximum atomic E-state index is 6.15. The van der Waals surface area contributed by atoms with Gasteiger partial charge < -0.3 is 9.31 Å². The minimum Gasteiger partial charge on any atom is -0.400 e. The van der Waals surface area contributed by atoms with E-state index in [1.54, 1.807) is 0 Å². The first-order chi connectivity index (χ1) is 8.02. The van der Waals surface area contributed by atoms with Crippen LogP contribution >= 0.6 is 0 Å². The van der Waals surface area contributed by atoms with Crippen LogP contribution in [0.15, 0.2) is 11.5 Å². The van der Waals surface area contributed by atoms with Gasteiger partial charge in [0.2, 0.25) is 0 Å². The SMILES string of the molecule is C[C@H]1C=C(B2OC(C)(C)C(C)(C)O2)CC(C)(C)C1. The van der Waals surface area contributed by atoms with Crippen LogP contribution in [0.1, 0.15) is 61.3 Å². The molecule has 0 aromatic heterocycles. The summed E-state index contributed by atoms with van der Waals surface area (Å²) in [7, 11) is -0.156. The van der Waals surface area contributed by atoms with Gasteiger partial charge in [-0.1, -0.05) is 26.8 Å². The first-order valence-corrected chi connectivity index (χ1v) is 7.09. The molecule has 0 saturated carbocycles. The first kappa shape index (κ1) is 14.1. The van der Waals surface area contributed by atoms with E-state index in [0.29, 0.717) is 11.3 Å². The second-order valence-corrected chi connectivity index (χ2v) is 7.85. The Labute approximate surface area is 112 Å². The molecule has 1 aliphatic heterocycles. The lowest BCUT2D eigenvalue weighted by Gasteiger charge is -2.34. The molecule has 1 saturated heterocycles. The zero-order chi connectivity index (χ0) is 13.8. The fraction of sp³-hybridized carbons (Fsp3) is 0.867. The predicted molar refractivity (Wildman–Crippen MR) is 76.3 cm³/mol. The van der Waals surface area contributed by atoms with Crippen molar-refractivity contribution in [1.29, 1.82) is 0 Å². The molecular weight excluding hydrogens is 223 g/mol. The monoisotopic (exact) mass is 250 g/mol. The van der Waals surface area contributed by atoms with Crippen LogP contribution < -0.4 is 0 Å². The molecule has 0 radical (unpaired) electrons. The summed E-state index contributed by atoms with van der Waals surface area (Å²) in [6.07, 6.45) is 4.68. The number of hydrogen-bond donors (Lipinski definition) is 0. The van der Waals surface area contributed by atoms with Crippen LogP contribution in [0, 0.1) is 11.3 Å². The Kier molecular flexibility index (Phi) is 3.23. The van der Waals surface area contributed by atoms with E-state index in [1.165, 1.54) is 11.9 Å². The van der Waals surface area contributed by atoms with E-state index in [-0.39, 0.29) is 18.3 Å². The van der Waals surface area contributed by atoms with E-state index in [0.717, 1.165) is 6.42 Å². The van der Waals surface area contributed by atoms with Gasteiger partial charge in [0.15, 0.2) is 0 Å². The molecule has 0 unspecified atom stereocenters. The summed E-state index contributed by atoms with van der Waals surface area (Å²) in [6.45, 7) is 15.4. The standard InChI is InChI=1S/C15H27BO2/c1-11-8-12(10-13(2,3)9-11)16-17-14(4,5)15(6,7)18-16/h8,11H,9-10H2,1-7H3/t11-/m0/s1. The van der Waals surface area contributed by atoms with Crippen molar-refractivity contribution in [3.05, 3.63) is 11.5 Å². The van der Waals surface area contributed by atoms with Gasteiger partial charge in [-0.3, -0.25) is 0 Å². The van der Waals surface area contributed by atoms with E-state index in [1.807, 2.05) is 0 Å². The van der Waals surface area contributed by atoms with Crippen LogP contribution in [-0.2, 0) is 9.31 Å². The van der Waals surface area contributed by atoms with Gasteiger partial charge in [0.1, 0.15) is 0 Å². The maximum absolute atomic E-state index is 6.15. The summed E-state index contributed by atoms with van der Waals surface area (Å²) in [5.74, 6) is 0.614. The molecule has 1 heterocycles. The lowest BCUT2D eigenvalue weighted by atomic mass is 9.63. The van der Waals surface area contributed by atoms with Crippen LogP contribution in [0.5, 0.6) is 0 Å². The predicted octanol–water partition coefficient (Wildman–Crippen LogP) is 4.00. The van der Waals surface area contributed by atoms with E-state index in [2.05, 4.69) is 54.5 Å². The summed E-state index contributed by atoms with van der Waals surface area (Å²) in [6, 6.07) is 0. The average Bonchev–Trinajstić information content (AvgIpc) is 2.32. The van der Waals surface area contributed by atoms with E-state index < -0.39 is 0 Å². The second kappa shape index (κ2) is 4.11. The molecule has 0 bridgehead atoms. The van der Waals surface area contributed by atoms with Crippen LogP contribution in [0.4, 0.5) is 0 Å². The van der Waals surface area contributed by atoms with Crippen LogP contribution in [0.2, 0.25) is 0 Å². The fourth-order valence-corrected chi connectivity index (χ4v) is 3.14. The number of rotatable bonds is 1. The summed E-state index contributed by atoms with van der Waals surface area (Å²) in [5.41, 5.74) is 1.22. The van der Waals surface area contributed by atoms with Crippen LogP contribution in [-0.4, -0.2) is 18.3 Å². The molecule has 102 valence electrons. The van der Waals surface area contributed by atoms with Gasteiger partial charge in [-0.25, -0.2) is 0 Å². The Balaban J connectivity index is 2.20. The van der Waals surface area contributed by atoms with Gasteiger partial charge in [-0.15, -0.1) is 0 Å². The molecule has 3 heteroatoms. The Morgan fingerprint density at radius 1 is 1.06 bits per heavy atom. The van der Waals surface area contributed by atoms with Crippen molar-refractivity contribution in [2.24, 2.45) is 11.3 Å². The molecule has 0 spiro atoms. The van der Waals surface area contributed by atoms with Crippen molar-refractivity contribution in [2.75, 3.05) is 0 Å². The summed E-state index contributed by atoms with van der Waals surface area (Å²) < 4.78 is 12.3. The molecule has 0 aromatic rings. The topological polar surface area (TPSA) is 18.5 Å². The molecule has 0 aromatic carbocycles. The van der Waals surface area contributed by atoms with Gasteiger partial charge in [-0.05, 0) is 57.3 Å². The molecule has 2 aliphatic rings. The maximum Gasteiger partial charge on any atom is 0.490 e. The van der Waals surface area contributed by atoms with Gasteiger partial charge in [-0.2, -0.15) is 0 Å². The smallest absolute Gasteiger partial charge is 0.400 e. The summed E-state index contributed by atoms with van der Waals surface area (Å²) in [4.78, 5) is 0. The molecule has 1 aliphatic carbocycles. The molecule has 0 N–H and O–H groups in total. The van der Waals surface area contributed by atoms with Crippen molar-refractivity contribution >= 4 is 7.12 Å². The van der Waals surface area contributed by atoms with Gasteiger partial charge in [0, 0.05) is 0 Å². The normalized spacial score (nSPS) is 33.4. The van der Waals surface area contributed by atoms with Crippen molar-refractivity contribution in [1.82, 2.24) is 0 Å². The van der Waals surface area contributed by atoms with Crippen molar-refractivity contribution in [2.45, 2.75) is 72.5 Å². The summed E-state index contributed by atoms with van der Waals surface area (Å²) >= 11 is 0. The Hall–Kier alpha value is -0.275. The van der Waals surface area contributed by atoms with Gasteiger partial charge >= 0.3 is 7.12 Å². The van der Waals surface area contributed by atoms with Gasteiger partial charge in [0.25, 0.3) is 0 Å². The highest BCUT2D eigenvalue weighted by molar-refractivity contribution is 6.54. The van der Waals surface area contributed by atoms with E-state index >= 15 is 0 Å². The summed E-state index contributed by atoms with van der Waals surface area (Å²) in [5, 5.41) is 0. The van der Waals surface area contributed by atoms with Crippen molar-refractivity contribution < 1.29 is 9.31 Å². The molecule has 1 atom stereocenters. The quantitative estimate of drug-likeness (QED) is 0.655. The third-order valence-corrected chi connectivity index (χ3v) is 4.61. The molecule has 2 rings (SSSR count). The minimum atomic E-state index is -0.233. The number of allylic oxidation sites excluding steroid dienone is 2. The fourth-order valence-electron chi connectivity index (χ4n) is 3.14. The largest absolute Gasteiger partial charge is 0.490 e. The first-order valence-electron chi connectivity index (χ1n) is 7.09. The van der Waals surface area contributed by atoms with Gasteiger partial charge in [0.05, 0.1) is 11.2 Å². The van der Waals surface area contributed by atoms with Crippen molar-refractivity contribution in [3.63, 3.8) is 0 Å². The van der Waals surface area contributed by atoms with Crippen LogP contribution in [0.25, 0.3) is 0 Å². The highest BCUT2D eigenvalue weighted by atomic mass is 16.7. The minimum absolute atomic E-state index is 0.156. The van der Waals surface area contributed by atoms with E-state index in [9.17, 15) is 0 Å². The second-order valence-electron chi connectivity index (χ2n) is 7.85. The Bertz CT molecular complexity index is 353. The van der Waals surface area contributed by atoms with Crippen molar-refractivity contribution in [3.8, 4) is 0 Å². The highest BCUT2D eigenvalue weighted by Crippen LogP contribution is 2.44. The molecular formula is C15H27BO2. The molecule has 2 nitrogen and oxygen atoms in total. The lowest BCUT2D eigenvalue weighted by Crippen LogP contribution is -2.41. The van der Waals surface area contributed by atoms with E-state index in [4.69, 9.17) is 9.31 Å². The zero-order valence-corrected chi connectivity index (χ0v) is 13.0.